The molecule has 0 spiro atoms. The van der Waals surface area contributed by atoms with Crippen molar-refractivity contribution in [2.45, 2.75) is 10.4 Å². The highest BCUT2D eigenvalue weighted by Gasteiger charge is 2.24. The molecule has 4 rings (SSSR count). The van der Waals surface area contributed by atoms with Crippen LogP contribution in [0.15, 0.2) is 84.0 Å². The van der Waals surface area contributed by atoms with E-state index in [1.807, 2.05) is 30.3 Å². The Kier molecular flexibility index (Phi) is 6.28. The van der Waals surface area contributed by atoms with Gasteiger partial charge in [-0.2, -0.15) is 0 Å². The summed E-state index contributed by atoms with van der Waals surface area (Å²) in [7, 11) is 1.59. The second kappa shape index (κ2) is 9.44. The smallest absolute Gasteiger partial charge is 0.242 e. The number of benzene rings is 3. The van der Waals surface area contributed by atoms with E-state index < -0.39 is 11.1 Å². The van der Waals surface area contributed by atoms with Crippen LogP contribution in [0.3, 0.4) is 0 Å². The molecule has 1 heterocycles. The van der Waals surface area contributed by atoms with Crippen LogP contribution in [0.2, 0.25) is 0 Å². The highest BCUT2D eigenvalue weighted by molar-refractivity contribution is 8.00. The normalized spacial score (nSPS) is 11.7. The highest BCUT2D eigenvalue weighted by Crippen LogP contribution is 2.35. The van der Waals surface area contributed by atoms with E-state index in [2.05, 4.69) is 20.5 Å². The number of nitrogens with one attached hydrogen (secondary N) is 2. The molecule has 156 valence electrons. The van der Waals surface area contributed by atoms with Gasteiger partial charge in [-0.05, 0) is 42.0 Å². The zero-order chi connectivity index (χ0) is 21.6. The molecule has 1 amide bonds. The molecule has 6 nitrogen and oxygen atoms in total. The Hall–Kier alpha value is -3.65. The standard InChI is InChI=1S/C23H19FN4O2S/c1-30-17-13-11-16(12-14-17)25-22(29)20(15-7-3-2-4-8-15)31-23-26-21(27-28-23)18-9-5-6-10-19(18)24/h2-14,20H,1H3,(H,25,29)(H,26,27,28). The lowest BCUT2D eigenvalue weighted by atomic mass is 10.1. The number of aromatic amines is 1. The Bertz CT molecular complexity index is 1170. The van der Waals surface area contributed by atoms with Crippen molar-refractivity contribution in [3.8, 4) is 17.1 Å². The third-order valence-corrected chi connectivity index (χ3v) is 5.63. The van der Waals surface area contributed by atoms with Gasteiger partial charge in [0.1, 0.15) is 16.8 Å². The van der Waals surface area contributed by atoms with E-state index in [9.17, 15) is 9.18 Å². The maximum absolute atomic E-state index is 14.1. The molecule has 0 radical (unpaired) electrons. The molecule has 0 aliphatic rings. The fourth-order valence-corrected chi connectivity index (χ4v) is 3.87. The number of anilines is 1. The van der Waals surface area contributed by atoms with Crippen LogP contribution in [0.25, 0.3) is 11.4 Å². The SMILES string of the molecule is COc1ccc(NC(=O)C(Sc2n[nH]c(-c3ccccc3F)n2)c2ccccc2)cc1. The van der Waals surface area contributed by atoms with Crippen molar-refractivity contribution >= 4 is 23.4 Å². The van der Waals surface area contributed by atoms with Gasteiger partial charge in [0.2, 0.25) is 11.1 Å². The first kappa shape index (κ1) is 20.6. The molecular weight excluding hydrogens is 415 g/mol. The number of thioether (sulfide) groups is 1. The molecule has 3 aromatic carbocycles. The van der Waals surface area contributed by atoms with E-state index in [1.165, 1.54) is 17.8 Å². The van der Waals surface area contributed by atoms with E-state index in [0.717, 1.165) is 5.56 Å². The number of nitrogens with zero attached hydrogens (tertiary/aromatic N) is 2. The van der Waals surface area contributed by atoms with Gasteiger partial charge in [-0.15, -0.1) is 5.10 Å². The van der Waals surface area contributed by atoms with Crippen molar-refractivity contribution in [1.29, 1.82) is 0 Å². The number of H-pyrrole nitrogens is 1. The first-order valence-corrected chi connectivity index (χ1v) is 10.4. The van der Waals surface area contributed by atoms with Crippen LogP contribution < -0.4 is 10.1 Å². The lowest BCUT2D eigenvalue weighted by Crippen LogP contribution is -2.19. The molecule has 0 aliphatic carbocycles. The summed E-state index contributed by atoms with van der Waals surface area (Å²) in [4.78, 5) is 17.5. The third-order valence-electron chi connectivity index (χ3n) is 4.52. The third kappa shape index (κ3) is 4.92. The molecule has 0 aliphatic heterocycles. The van der Waals surface area contributed by atoms with Crippen molar-refractivity contribution in [2.75, 3.05) is 12.4 Å². The van der Waals surface area contributed by atoms with Gasteiger partial charge in [0.15, 0.2) is 5.82 Å². The zero-order valence-electron chi connectivity index (χ0n) is 16.6. The summed E-state index contributed by atoms with van der Waals surface area (Å²) in [5, 5.41) is 9.59. The molecule has 8 heteroatoms. The van der Waals surface area contributed by atoms with Crippen LogP contribution in [-0.4, -0.2) is 28.2 Å². The van der Waals surface area contributed by atoms with Gasteiger partial charge in [-0.1, -0.05) is 54.2 Å². The molecule has 2 N–H and O–H groups in total. The Morgan fingerprint density at radius 2 is 1.74 bits per heavy atom. The number of rotatable bonds is 7. The fraction of sp³-hybridized carbons (Fsp3) is 0.0870. The minimum Gasteiger partial charge on any atom is -0.497 e. The predicted octanol–water partition coefficient (Wildman–Crippen LogP) is 5.09. The number of amides is 1. The summed E-state index contributed by atoms with van der Waals surface area (Å²) in [6.45, 7) is 0. The average molecular weight is 434 g/mol. The molecule has 4 aromatic rings. The van der Waals surface area contributed by atoms with Gasteiger partial charge in [-0.25, -0.2) is 9.37 Å². The summed E-state index contributed by atoms with van der Waals surface area (Å²) in [6, 6.07) is 22.8. The first-order chi connectivity index (χ1) is 15.1. The molecule has 0 bridgehead atoms. The predicted molar refractivity (Wildman–Crippen MR) is 118 cm³/mol. The maximum atomic E-state index is 14.1. The molecule has 1 atom stereocenters. The van der Waals surface area contributed by atoms with Crippen LogP contribution in [0, 0.1) is 5.82 Å². The molecule has 1 unspecified atom stereocenters. The second-order valence-electron chi connectivity index (χ2n) is 6.57. The van der Waals surface area contributed by atoms with Gasteiger partial charge >= 0.3 is 0 Å². The lowest BCUT2D eigenvalue weighted by molar-refractivity contribution is -0.115. The Balaban J connectivity index is 1.57. The van der Waals surface area contributed by atoms with Crippen LogP contribution in [-0.2, 0) is 4.79 Å². The molecule has 1 aromatic heterocycles. The van der Waals surface area contributed by atoms with Crippen molar-refractivity contribution in [2.24, 2.45) is 0 Å². The number of hydrogen-bond acceptors (Lipinski definition) is 5. The zero-order valence-corrected chi connectivity index (χ0v) is 17.4. The number of methoxy groups -OCH3 is 1. The first-order valence-electron chi connectivity index (χ1n) is 9.48. The second-order valence-corrected chi connectivity index (χ2v) is 7.65. The Morgan fingerprint density at radius 1 is 1.03 bits per heavy atom. The Labute approximate surface area is 182 Å². The fourth-order valence-electron chi connectivity index (χ4n) is 2.96. The quantitative estimate of drug-likeness (QED) is 0.396. The van der Waals surface area contributed by atoms with Crippen LogP contribution in [0.5, 0.6) is 5.75 Å². The average Bonchev–Trinajstić information content (AvgIpc) is 3.27. The minimum absolute atomic E-state index is 0.224. The van der Waals surface area contributed by atoms with Gasteiger partial charge in [0, 0.05) is 5.69 Å². The summed E-state index contributed by atoms with van der Waals surface area (Å²) in [5.74, 6) is 0.391. The van der Waals surface area contributed by atoms with Crippen molar-refractivity contribution < 1.29 is 13.9 Å². The summed E-state index contributed by atoms with van der Waals surface area (Å²) < 4.78 is 19.2. The van der Waals surface area contributed by atoms with Gasteiger partial charge < -0.3 is 10.1 Å². The number of carbonyl (C=O) groups excluding carboxylic acids is 1. The van der Waals surface area contributed by atoms with E-state index in [0.29, 0.717) is 28.0 Å². The monoisotopic (exact) mass is 434 g/mol. The molecule has 0 saturated heterocycles. The summed E-state index contributed by atoms with van der Waals surface area (Å²) in [5.41, 5.74) is 1.77. The summed E-state index contributed by atoms with van der Waals surface area (Å²) in [6.07, 6.45) is 0. The maximum Gasteiger partial charge on any atom is 0.242 e. The van der Waals surface area contributed by atoms with E-state index in [-0.39, 0.29) is 5.91 Å². The largest absolute Gasteiger partial charge is 0.497 e. The van der Waals surface area contributed by atoms with E-state index >= 15 is 0 Å². The molecular formula is C23H19FN4O2S. The molecule has 0 saturated carbocycles. The number of hydrogen-bond donors (Lipinski definition) is 2. The number of ether oxygens (including phenoxy) is 1. The van der Waals surface area contributed by atoms with Crippen molar-refractivity contribution in [3.63, 3.8) is 0 Å². The van der Waals surface area contributed by atoms with Crippen LogP contribution in [0.4, 0.5) is 10.1 Å². The van der Waals surface area contributed by atoms with Crippen LogP contribution >= 0.6 is 11.8 Å². The number of carbonyl (C=O) groups is 1. The minimum atomic E-state index is -0.604. The summed E-state index contributed by atoms with van der Waals surface area (Å²) >= 11 is 1.19. The van der Waals surface area contributed by atoms with Gasteiger partial charge in [-0.3, -0.25) is 9.89 Å². The number of aromatic nitrogens is 3. The number of halogens is 1. The van der Waals surface area contributed by atoms with Crippen LogP contribution in [0.1, 0.15) is 10.8 Å². The topological polar surface area (TPSA) is 79.9 Å². The van der Waals surface area contributed by atoms with Gasteiger partial charge in [0.05, 0.1) is 12.7 Å². The lowest BCUT2D eigenvalue weighted by Gasteiger charge is -2.15. The molecule has 0 fully saturated rings. The molecule has 31 heavy (non-hydrogen) atoms. The van der Waals surface area contributed by atoms with E-state index in [4.69, 9.17) is 4.74 Å². The Morgan fingerprint density at radius 3 is 2.45 bits per heavy atom. The van der Waals surface area contributed by atoms with Crippen molar-refractivity contribution in [1.82, 2.24) is 15.2 Å². The van der Waals surface area contributed by atoms with E-state index in [1.54, 1.807) is 49.6 Å². The van der Waals surface area contributed by atoms with Gasteiger partial charge in [0.25, 0.3) is 0 Å². The highest BCUT2D eigenvalue weighted by atomic mass is 32.2. The van der Waals surface area contributed by atoms with Crippen molar-refractivity contribution in [3.05, 3.63) is 90.2 Å².